The standard InChI is InChI=1S/C14H20N2O4S/c1-15-21(18,19)13-9-4-3-7-11(13)16-10-6-5-8-12(16)14(17)20-2/h3-4,7,9,12,15H,5-6,8,10H2,1-2H3. The fourth-order valence-electron chi connectivity index (χ4n) is 2.63. The molecular weight excluding hydrogens is 292 g/mol. The summed E-state index contributed by atoms with van der Waals surface area (Å²) in [4.78, 5) is 14.0. The summed E-state index contributed by atoms with van der Waals surface area (Å²) < 4.78 is 31.5. The van der Waals surface area contributed by atoms with Crippen LogP contribution in [0, 0.1) is 0 Å². The van der Waals surface area contributed by atoms with Gasteiger partial charge in [0.25, 0.3) is 0 Å². The molecule has 1 atom stereocenters. The second-order valence-corrected chi connectivity index (χ2v) is 6.76. The Kier molecular flexibility index (Phi) is 4.84. The zero-order chi connectivity index (χ0) is 15.5. The minimum atomic E-state index is -3.58. The molecule has 1 saturated heterocycles. The summed E-state index contributed by atoms with van der Waals surface area (Å²) in [5.74, 6) is -0.327. The Morgan fingerprint density at radius 2 is 2.05 bits per heavy atom. The lowest BCUT2D eigenvalue weighted by Gasteiger charge is -2.36. The normalized spacial score (nSPS) is 19.3. The van der Waals surface area contributed by atoms with Crippen LogP contribution in [0.2, 0.25) is 0 Å². The van der Waals surface area contributed by atoms with Crippen LogP contribution >= 0.6 is 0 Å². The number of piperidine rings is 1. The number of rotatable bonds is 4. The first-order chi connectivity index (χ1) is 10.0. The van der Waals surface area contributed by atoms with Crippen LogP contribution in [0.4, 0.5) is 5.69 Å². The average Bonchev–Trinajstić information content (AvgIpc) is 2.54. The molecule has 0 radical (unpaired) electrons. The van der Waals surface area contributed by atoms with E-state index in [4.69, 9.17) is 4.74 Å². The van der Waals surface area contributed by atoms with E-state index in [1.54, 1.807) is 24.3 Å². The monoisotopic (exact) mass is 312 g/mol. The highest BCUT2D eigenvalue weighted by Crippen LogP contribution is 2.30. The van der Waals surface area contributed by atoms with E-state index in [0.717, 1.165) is 12.8 Å². The molecule has 0 amide bonds. The van der Waals surface area contributed by atoms with Crippen LogP contribution in [0.1, 0.15) is 19.3 Å². The van der Waals surface area contributed by atoms with Crippen molar-refractivity contribution >= 4 is 21.7 Å². The van der Waals surface area contributed by atoms with Gasteiger partial charge in [-0.25, -0.2) is 17.9 Å². The van der Waals surface area contributed by atoms with Crippen LogP contribution < -0.4 is 9.62 Å². The van der Waals surface area contributed by atoms with E-state index in [1.807, 2.05) is 4.90 Å². The van der Waals surface area contributed by atoms with E-state index >= 15 is 0 Å². The summed E-state index contributed by atoms with van der Waals surface area (Å²) in [5.41, 5.74) is 0.543. The lowest BCUT2D eigenvalue weighted by atomic mass is 10.0. The summed E-state index contributed by atoms with van der Waals surface area (Å²) >= 11 is 0. The Bertz CT molecular complexity index is 615. The fraction of sp³-hybridized carbons (Fsp3) is 0.500. The molecule has 1 fully saturated rings. The number of carbonyl (C=O) groups excluding carboxylic acids is 1. The highest BCUT2D eigenvalue weighted by atomic mass is 32.2. The molecule has 1 aromatic carbocycles. The van der Waals surface area contributed by atoms with Crippen molar-refractivity contribution in [3.63, 3.8) is 0 Å². The summed E-state index contributed by atoms with van der Waals surface area (Å²) in [6.45, 7) is 0.635. The van der Waals surface area contributed by atoms with Crippen molar-refractivity contribution in [3.05, 3.63) is 24.3 Å². The first-order valence-electron chi connectivity index (χ1n) is 6.88. The average molecular weight is 312 g/mol. The number of esters is 1. The maximum absolute atomic E-state index is 12.2. The number of nitrogens with zero attached hydrogens (tertiary/aromatic N) is 1. The third-order valence-electron chi connectivity index (χ3n) is 3.71. The molecule has 1 aliphatic rings. The van der Waals surface area contributed by atoms with Crippen molar-refractivity contribution in [2.24, 2.45) is 0 Å². The highest BCUT2D eigenvalue weighted by molar-refractivity contribution is 7.89. The molecule has 0 saturated carbocycles. The predicted octanol–water partition coefficient (Wildman–Crippen LogP) is 1.13. The molecular formula is C14H20N2O4S. The summed E-state index contributed by atoms with van der Waals surface area (Å²) in [6.07, 6.45) is 2.51. The van der Waals surface area contributed by atoms with Gasteiger partial charge in [0.15, 0.2) is 0 Å². The van der Waals surface area contributed by atoms with Gasteiger partial charge in [-0.2, -0.15) is 0 Å². The number of hydrogen-bond acceptors (Lipinski definition) is 5. The van der Waals surface area contributed by atoms with Gasteiger partial charge in [0.05, 0.1) is 12.8 Å². The summed E-state index contributed by atoms with van der Waals surface area (Å²) in [5, 5.41) is 0. The van der Waals surface area contributed by atoms with Gasteiger partial charge in [0, 0.05) is 6.54 Å². The van der Waals surface area contributed by atoms with Crippen molar-refractivity contribution in [1.29, 1.82) is 0 Å². The van der Waals surface area contributed by atoms with E-state index in [0.29, 0.717) is 18.7 Å². The first-order valence-corrected chi connectivity index (χ1v) is 8.36. The van der Waals surface area contributed by atoms with Gasteiger partial charge in [0.1, 0.15) is 10.9 Å². The molecule has 7 heteroatoms. The Morgan fingerprint density at radius 3 is 2.71 bits per heavy atom. The Morgan fingerprint density at radius 1 is 1.33 bits per heavy atom. The molecule has 0 aromatic heterocycles. The van der Waals surface area contributed by atoms with Crippen LogP contribution in [0.3, 0.4) is 0 Å². The molecule has 0 bridgehead atoms. The highest BCUT2D eigenvalue weighted by Gasteiger charge is 2.32. The lowest BCUT2D eigenvalue weighted by Crippen LogP contribution is -2.46. The Balaban J connectivity index is 2.47. The lowest BCUT2D eigenvalue weighted by molar-refractivity contribution is -0.142. The number of sulfonamides is 1. The SMILES string of the molecule is CNS(=O)(=O)c1ccccc1N1CCCCC1C(=O)OC. The van der Waals surface area contributed by atoms with Gasteiger partial charge < -0.3 is 9.64 Å². The maximum atomic E-state index is 12.2. The van der Waals surface area contributed by atoms with Crippen LogP contribution in [-0.4, -0.2) is 41.1 Å². The minimum Gasteiger partial charge on any atom is -0.467 e. The molecule has 0 spiro atoms. The van der Waals surface area contributed by atoms with Crippen LogP contribution in [0.25, 0.3) is 0 Å². The number of carbonyl (C=O) groups is 1. The molecule has 1 unspecified atom stereocenters. The van der Waals surface area contributed by atoms with Gasteiger partial charge in [-0.1, -0.05) is 12.1 Å². The van der Waals surface area contributed by atoms with E-state index < -0.39 is 16.1 Å². The fourth-order valence-corrected chi connectivity index (χ4v) is 3.57. The van der Waals surface area contributed by atoms with Crippen molar-refractivity contribution in [2.75, 3.05) is 25.6 Å². The van der Waals surface area contributed by atoms with E-state index in [-0.39, 0.29) is 10.9 Å². The maximum Gasteiger partial charge on any atom is 0.328 e. The molecule has 116 valence electrons. The Hall–Kier alpha value is -1.60. The van der Waals surface area contributed by atoms with Gasteiger partial charge >= 0.3 is 5.97 Å². The molecule has 6 nitrogen and oxygen atoms in total. The molecule has 1 aliphatic heterocycles. The number of benzene rings is 1. The number of methoxy groups -OCH3 is 1. The van der Waals surface area contributed by atoms with Crippen molar-refractivity contribution in [3.8, 4) is 0 Å². The van der Waals surface area contributed by atoms with E-state index in [2.05, 4.69) is 4.72 Å². The number of para-hydroxylation sites is 1. The van der Waals surface area contributed by atoms with Gasteiger partial charge in [-0.05, 0) is 38.4 Å². The zero-order valence-electron chi connectivity index (χ0n) is 12.2. The number of nitrogens with one attached hydrogen (secondary N) is 1. The topological polar surface area (TPSA) is 75.7 Å². The largest absolute Gasteiger partial charge is 0.467 e. The number of ether oxygens (including phenoxy) is 1. The smallest absolute Gasteiger partial charge is 0.328 e. The molecule has 2 rings (SSSR count). The third-order valence-corrected chi connectivity index (χ3v) is 5.17. The third kappa shape index (κ3) is 3.19. The summed E-state index contributed by atoms with van der Waals surface area (Å²) in [6, 6.07) is 6.28. The molecule has 1 N–H and O–H groups in total. The van der Waals surface area contributed by atoms with Crippen LogP contribution in [0.15, 0.2) is 29.2 Å². The van der Waals surface area contributed by atoms with Crippen molar-refractivity contribution in [2.45, 2.75) is 30.2 Å². The minimum absolute atomic E-state index is 0.184. The molecule has 1 aromatic rings. The quantitative estimate of drug-likeness (QED) is 0.843. The molecule has 1 heterocycles. The number of hydrogen-bond donors (Lipinski definition) is 1. The molecule has 0 aliphatic carbocycles. The zero-order valence-corrected chi connectivity index (χ0v) is 13.0. The van der Waals surface area contributed by atoms with Crippen LogP contribution in [0.5, 0.6) is 0 Å². The van der Waals surface area contributed by atoms with Gasteiger partial charge in [-0.15, -0.1) is 0 Å². The van der Waals surface area contributed by atoms with Crippen molar-refractivity contribution in [1.82, 2.24) is 4.72 Å². The second kappa shape index (κ2) is 6.44. The van der Waals surface area contributed by atoms with Crippen LogP contribution in [-0.2, 0) is 19.6 Å². The van der Waals surface area contributed by atoms with E-state index in [1.165, 1.54) is 14.2 Å². The molecule has 21 heavy (non-hydrogen) atoms. The first kappa shape index (κ1) is 15.8. The Labute approximate surface area is 125 Å². The second-order valence-electron chi connectivity index (χ2n) is 4.90. The van der Waals surface area contributed by atoms with Gasteiger partial charge in [0.2, 0.25) is 10.0 Å². The summed E-state index contributed by atoms with van der Waals surface area (Å²) in [7, 11) is -0.850. The van der Waals surface area contributed by atoms with E-state index in [9.17, 15) is 13.2 Å². The predicted molar refractivity (Wildman–Crippen MR) is 79.7 cm³/mol. The van der Waals surface area contributed by atoms with Gasteiger partial charge in [-0.3, -0.25) is 0 Å². The van der Waals surface area contributed by atoms with Crippen molar-refractivity contribution < 1.29 is 17.9 Å². The number of anilines is 1.